The molecule has 0 saturated heterocycles. The zero-order chi connectivity index (χ0) is 11.8. The Hall–Kier alpha value is -1.39. The molecular weight excluding hydrogens is 236 g/mol. The number of hydrogen-bond acceptors (Lipinski definition) is 3. The van der Waals surface area contributed by atoms with E-state index >= 15 is 0 Å². The van der Waals surface area contributed by atoms with Crippen LogP contribution in [0.2, 0.25) is 5.02 Å². The van der Waals surface area contributed by atoms with Crippen molar-refractivity contribution in [2.24, 2.45) is 5.73 Å². The minimum absolute atomic E-state index is 0.00696. The molecule has 0 radical (unpaired) electrons. The number of benzene rings is 1. The normalized spacial score (nSPS) is 19.1. The van der Waals surface area contributed by atoms with Gasteiger partial charge in [0.2, 0.25) is 0 Å². The van der Waals surface area contributed by atoms with Gasteiger partial charge in [-0.2, -0.15) is 0 Å². The predicted octanol–water partition coefficient (Wildman–Crippen LogP) is 2.39. The van der Waals surface area contributed by atoms with E-state index in [1.807, 2.05) is 24.3 Å². The summed E-state index contributed by atoms with van der Waals surface area (Å²) in [5, 5.41) is 9.11. The van der Waals surface area contributed by atoms with Gasteiger partial charge < -0.3 is 10.3 Å². The molecule has 0 spiro atoms. The first-order chi connectivity index (χ1) is 8.27. The topological polar surface area (TPSA) is 56.7 Å². The lowest BCUT2D eigenvalue weighted by Crippen LogP contribution is -2.22. The second-order valence-electron chi connectivity index (χ2n) is 4.26. The molecule has 0 amide bonds. The Balaban J connectivity index is 2.14. The summed E-state index contributed by atoms with van der Waals surface area (Å²) in [6.07, 6.45) is 2.03. The van der Waals surface area contributed by atoms with Crippen LogP contribution in [0.5, 0.6) is 0 Å². The van der Waals surface area contributed by atoms with Crippen LogP contribution in [0.1, 0.15) is 24.7 Å². The highest BCUT2D eigenvalue weighted by atomic mass is 35.5. The molecule has 0 bridgehead atoms. The van der Waals surface area contributed by atoms with E-state index in [0.717, 1.165) is 36.6 Å². The summed E-state index contributed by atoms with van der Waals surface area (Å²) in [5.41, 5.74) is 6.94. The van der Waals surface area contributed by atoms with Crippen LogP contribution in [0.4, 0.5) is 0 Å². The summed E-state index contributed by atoms with van der Waals surface area (Å²) in [4.78, 5) is 0. The van der Waals surface area contributed by atoms with E-state index < -0.39 is 0 Å². The standard InChI is InChI=1S/C12H13ClN4/c13-9-5-2-1-4-8(9)11-15-16-12-10(14)6-3-7-17(11)12/h1-2,4-5,10H,3,6-7,14H2. The van der Waals surface area contributed by atoms with Gasteiger partial charge >= 0.3 is 0 Å². The van der Waals surface area contributed by atoms with Crippen LogP contribution in [0.15, 0.2) is 24.3 Å². The van der Waals surface area contributed by atoms with Crippen molar-refractivity contribution in [3.05, 3.63) is 35.1 Å². The molecule has 0 saturated carbocycles. The van der Waals surface area contributed by atoms with Crippen LogP contribution in [-0.2, 0) is 6.54 Å². The molecule has 88 valence electrons. The Bertz CT molecular complexity index is 549. The number of fused-ring (bicyclic) bond motifs is 1. The van der Waals surface area contributed by atoms with Crippen LogP contribution in [0.3, 0.4) is 0 Å². The number of halogens is 1. The molecule has 1 aliphatic rings. The molecule has 4 nitrogen and oxygen atoms in total. The minimum Gasteiger partial charge on any atom is -0.321 e. The van der Waals surface area contributed by atoms with Crippen molar-refractivity contribution in [1.82, 2.24) is 14.8 Å². The molecule has 2 heterocycles. The highest BCUT2D eigenvalue weighted by Gasteiger charge is 2.23. The molecule has 17 heavy (non-hydrogen) atoms. The van der Waals surface area contributed by atoms with Gasteiger partial charge in [-0.1, -0.05) is 23.7 Å². The molecule has 2 N–H and O–H groups in total. The minimum atomic E-state index is -0.00696. The van der Waals surface area contributed by atoms with Gasteiger partial charge in [0.05, 0.1) is 11.1 Å². The van der Waals surface area contributed by atoms with Crippen LogP contribution in [0, 0.1) is 0 Å². The fourth-order valence-electron chi connectivity index (χ4n) is 2.25. The first-order valence-corrected chi connectivity index (χ1v) is 6.09. The fourth-order valence-corrected chi connectivity index (χ4v) is 2.47. The average molecular weight is 249 g/mol. The van der Waals surface area contributed by atoms with Gasteiger partial charge in [-0.05, 0) is 25.0 Å². The number of nitrogens with two attached hydrogens (primary N) is 1. The SMILES string of the molecule is NC1CCCn2c(-c3ccccc3Cl)nnc21. The molecule has 1 unspecified atom stereocenters. The third-order valence-electron chi connectivity index (χ3n) is 3.12. The molecule has 0 fully saturated rings. The van der Waals surface area contributed by atoms with E-state index in [4.69, 9.17) is 17.3 Å². The monoisotopic (exact) mass is 248 g/mol. The second kappa shape index (κ2) is 4.13. The zero-order valence-corrected chi connectivity index (χ0v) is 10.1. The van der Waals surface area contributed by atoms with Gasteiger partial charge in [0.1, 0.15) is 5.82 Å². The molecule has 1 aromatic carbocycles. The lowest BCUT2D eigenvalue weighted by Gasteiger charge is -2.20. The van der Waals surface area contributed by atoms with E-state index in [1.165, 1.54) is 0 Å². The lowest BCUT2D eigenvalue weighted by molar-refractivity contribution is 0.454. The molecular formula is C12H13ClN4. The first kappa shape index (κ1) is 10.7. The van der Waals surface area contributed by atoms with Crippen LogP contribution in [0.25, 0.3) is 11.4 Å². The van der Waals surface area contributed by atoms with Gasteiger partial charge in [-0.3, -0.25) is 0 Å². The third-order valence-corrected chi connectivity index (χ3v) is 3.45. The van der Waals surface area contributed by atoms with Gasteiger partial charge in [-0.25, -0.2) is 0 Å². The van der Waals surface area contributed by atoms with Crippen molar-refractivity contribution in [2.45, 2.75) is 25.4 Å². The highest BCUT2D eigenvalue weighted by Crippen LogP contribution is 2.30. The summed E-state index contributed by atoms with van der Waals surface area (Å²) >= 11 is 6.18. The molecule has 3 rings (SSSR count). The maximum Gasteiger partial charge on any atom is 0.165 e. The number of hydrogen-bond donors (Lipinski definition) is 1. The van der Waals surface area contributed by atoms with E-state index in [9.17, 15) is 0 Å². The van der Waals surface area contributed by atoms with Crippen molar-refractivity contribution in [1.29, 1.82) is 0 Å². The quantitative estimate of drug-likeness (QED) is 0.843. The summed E-state index contributed by atoms with van der Waals surface area (Å²) in [6, 6.07) is 7.67. The zero-order valence-electron chi connectivity index (χ0n) is 9.31. The van der Waals surface area contributed by atoms with Crippen molar-refractivity contribution in [3.8, 4) is 11.4 Å². The van der Waals surface area contributed by atoms with Gasteiger partial charge in [-0.15, -0.1) is 10.2 Å². The van der Waals surface area contributed by atoms with E-state index in [0.29, 0.717) is 5.02 Å². The van der Waals surface area contributed by atoms with Crippen molar-refractivity contribution in [2.75, 3.05) is 0 Å². The molecule has 1 atom stereocenters. The smallest absolute Gasteiger partial charge is 0.165 e. The van der Waals surface area contributed by atoms with Gasteiger partial charge in [0, 0.05) is 12.1 Å². The molecule has 1 aromatic heterocycles. The number of nitrogens with zero attached hydrogens (tertiary/aromatic N) is 3. The predicted molar refractivity (Wildman–Crippen MR) is 66.6 cm³/mol. The summed E-state index contributed by atoms with van der Waals surface area (Å²) in [7, 11) is 0. The summed E-state index contributed by atoms with van der Waals surface area (Å²) < 4.78 is 2.08. The Labute approximate surface area is 104 Å². The van der Waals surface area contributed by atoms with Crippen molar-refractivity contribution in [3.63, 3.8) is 0 Å². The van der Waals surface area contributed by atoms with Crippen molar-refractivity contribution < 1.29 is 0 Å². The summed E-state index contributed by atoms with van der Waals surface area (Å²) in [5.74, 6) is 1.69. The Morgan fingerprint density at radius 3 is 2.94 bits per heavy atom. The second-order valence-corrected chi connectivity index (χ2v) is 4.67. The third kappa shape index (κ3) is 1.73. The maximum atomic E-state index is 6.18. The summed E-state index contributed by atoms with van der Waals surface area (Å²) in [6.45, 7) is 0.913. The van der Waals surface area contributed by atoms with Gasteiger partial charge in [0.25, 0.3) is 0 Å². The number of rotatable bonds is 1. The van der Waals surface area contributed by atoms with E-state index in [-0.39, 0.29) is 6.04 Å². The number of aromatic nitrogens is 3. The van der Waals surface area contributed by atoms with E-state index in [1.54, 1.807) is 0 Å². The van der Waals surface area contributed by atoms with Crippen LogP contribution < -0.4 is 5.73 Å². The van der Waals surface area contributed by atoms with E-state index in [2.05, 4.69) is 14.8 Å². The lowest BCUT2D eigenvalue weighted by atomic mass is 10.1. The van der Waals surface area contributed by atoms with Gasteiger partial charge in [0.15, 0.2) is 5.82 Å². The fraction of sp³-hybridized carbons (Fsp3) is 0.333. The Morgan fingerprint density at radius 2 is 2.12 bits per heavy atom. The Kier molecular flexibility index (Phi) is 2.61. The molecule has 0 aliphatic carbocycles. The highest BCUT2D eigenvalue weighted by molar-refractivity contribution is 6.33. The first-order valence-electron chi connectivity index (χ1n) is 5.71. The average Bonchev–Trinajstić information content (AvgIpc) is 2.75. The van der Waals surface area contributed by atoms with Crippen LogP contribution in [-0.4, -0.2) is 14.8 Å². The van der Waals surface area contributed by atoms with Crippen LogP contribution >= 0.6 is 11.6 Å². The maximum absolute atomic E-state index is 6.18. The Morgan fingerprint density at radius 1 is 1.29 bits per heavy atom. The molecule has 2 aromatic rings. The molecule has 5 heteroatoms. The van der Waals surface area contributed by atoms with Crippen molar-refractivity contribution >= 4 is 11.6 Å². The largest absolute Gasteiger partial charge is 0.321 e. The molecule has 1 aliphatic heterocycles.